The van der Waals surface area contributed by atoms with E-state index in [0.29, 0.717) is 5.56 Å². The molecule has 0 atom stereocenters. The molecule has 0 saturated heterocycles. The highest BCUT2D eigenvalue weighted by molar-refractivity contribution is 5.89. The second kappa shape index (κ2) is 5.54. The quantitative estimate of drug-likeness (QED) is 0.749. The maximum Gasteiger partial charge on any atom is 0.335 e. The van der Waals surface area contributed by atoms with Crippen molar-refractivity contribution in [1.82, 2.24) is 0 Å². The van der Waals surface area contributed by atoms with Gasteiger partial charge in [-0.3, -0.25) is 0 Å². The van der Waals surface area contributed by atoms with Crippen molar-refractivity contribution >= 4 is 5.97 Å². The normalized spacial score (nSPS) is 10.3. The third kappa shape index (κ3) is 3.39. The second-order valence-electron chi connectivity index (χ2n) is 3.92. The van der Waals surface area contributed by atoms with E-state index in [9.17, 15) is 4.79 Å². The number of hydrogen-bond donors (Lipinski definition) is 1. The van der Waals surface area contributed by atoms with Crippen LogP contribution >= 0.6 is 0 Å². The molecule has 0 fully saturated rings. The lowest BCUT2D eigenvalue weighted by Gasteiger charge is -2.06. The third-order valence-corrected chi connectivity index (χ3v) is 2.55. The van der Waals surface area contributed by atoms with E-state index in [1.54, 1.807) is 6.07 Å². The third-order valence-electron chi connectivity index (χ3n) is 2.55. The molecular weight excluding hydrogens is 188 g/mol. The fraction of sp³-hybridized carbons (Fsp3) is 0.462. The van der Waals surface area contributed by atoms with E-state index in [1.807, 2.05) is 19.1 Å². The summed E-state index contributed by atoms with van der Waals surface area (Å²) in [7, 11) is 0. The summed E-state index contributed by atoms with van der Waals surface area (Å²) in [4.78, 5) is 11.0. The van der Waals surface area contributed by atoms with Crippen molar-refractivity contribution in [2.45, 2.75) is 39.5 Å². The van der Waals surface area contributed by atoms with Gasteiger partial charge in [-0.2, -0.15) is 0 Å². The fourth-order valence-corrected chi connectivity index (χ4v) is 1.67. The average Bonchev–Trinajstić information content (AvgIpc) is 2.20. The summed E-state index contributed by atoms with van der Waals surface area (Å²) in [5.74, 6) is -0.815. The second-order valence-corrected chi connectivity index (χ2v) is 3.92. The van der Waals surface area contributed by atoms with E-state index in [1.165, 1.54) is 0 Å². The molecule has 2 heteroatoms. The summed E-state index contributed by atoms with van der Waals surface area (Å²) in [6.45, 7) is 4.06. The van der Waals surface area contributed by atoms with Crippen molar-refractivity contribution in [2.24, 2.45) is 0 Å². The Labute approximate surface area is 90.9 Å². The molecule has 0 amide bonds. The van der Waals surface area contributed by atoms with Gasteiger partial charge < -0.3 is 5.11 Å². The molecule has 0 saturated carbocycles. The Kier molecular flexibility index (Phi) is 4.35. The minimum absolute atomic E-state index is 0.464. The Hall–Kier alpha value is -1.31. The predicted molar refractivity (Wildman–Crippen MR) is 61.4 cm³/mol. The Bertz CT molecular complexity index is 342. The van der Waals surface area contributed by atoms with E-state index in [2.05, 4.69) is 6.92 Å². The zero-order valence-corrected chi connectivity index (χ0v) is 9.42. The van der Waals surface area contributed by atoms with Crippen LogP contribution in [0.1, 0.15) is 47.7 Å². The molecule has 0 aromatic heterocycles. The number of hydrogen-bond acceptors (Lipinski definition) is 1. The van der Waals surface area contributed by atoms with Gasteiger partial charge in [0.1, 0.15) is 0 Å². The molecule has 0 bridgehead atoms. The molecule has 0 aliphatic carbocycles. The summed E-state index contributed by atoms with van der Waals surface area (Å²) < 4.78 is 0. The van der Waals surface area contributed by atoms with Gasteiger partial charge in [-0.1, -0.05) is 37.5 Å². The maximum atomic E-state index is 11.0. The van der Waals surface area contributed by atoms with E-state index in [4.69, 9.17) is 5.11 Å². The minimum Gasteiger partial charge on any atom is -0.478 e. The number of carbonyl (C=O) groups is 1. The van der Waals surface area contributed by atoms with Crippen LogP contribution < -0.4 is 0 Å². The molecule has 1 aromatic rings. The van der Waals surface area contributed by atoms with Crippen molar-refractivity contribution in [2.75, 3.05) is 0 Å². The van der Waals surface area contributed by atoms with Crippen molar-refractivity contribution in [3.05, 3.63) is 34.9 Å². The topological polar surface area (TPSA) is 37.3 Å². The largest absolute Gasteiger partial charge is 0.478 e. The SMILES string of the molecule is CCCCCc1ccc(C)cc1C(=O)O. The molecule has 1 rings (SSSR count). The van der Waals surface area contributed by atoms with E-state index < -0.39 is 5.97 Å². The average molecular weight is 206 g/mol. The van der Waals surface area contributed by atoms with Gasteiger partial charge in [0.2, 0.25) is 0 Å². The number of rotatable bonds is 5. The van der Waals surface area contributed by atoms with Crippen LogP contribution in [-0.4, -0.2) is 11.1 Å². The van der Waals surface area contributed by atoms with Crippen LogP contribution in [0.4, 0.5) is 0 Å². The highest BCUT2D eigenvalue weighted by Crippen LogP contribution is 2.15. The first-order chi connectivity index (χ1) is 7.15. The predicted octanol–water partition coefficient (Wildman–Crippen LogP) is 3.43. The maximum absolute atomic E-state index is 11.0. The zero-order valence-electron chi connectivity index (χ0n) is 9.42. The number of carboxylic acids is 1. The molecule has 0 unspecified atom stereocenters. The molecule has 1 aromatic carbocycles. The van der Waals surface area contributed by atoms with Gasteiger partial charge in [-0.25, -0.2) is 4.79 Å². The van der Waals surface area contributed by atoms with Crippen LogP contribution in [0.5, 0.6) is 0 Å². The Balaban J connectivity index is 2.81. The first kappa shape index (κ1) is 11.8. The molecule has 1 N–H and O–H groups in total. The van der Waals surface area contributed by atoms with Crippen LogP contribution in [0.2, 0.25) is 0 Å². The summed E-state index contributed by atoms with van der Waals surface area (Å²) >= 11 is 0. The number of unbranched alkanes of at least 4 members (excludes halogenated alkanes) is 2. The monoisotopic (exact) mass is 206 g/mol. The van der Waals surface area contributed by atoms with Gasteiger partial charge in [-0.05, 0) is 31.4 Å². The number of carboxylic acid groups (broad SMARTS) is 1. The Morgan fingerprint density at radius 1 is 1.33 bits per heavy atom. The van der Waals surface area contributed by atoms with Gasteiger partial charge in [0.25, 0.3) is 0 Å². The highest BCUT2D eigenvalue weighted by atomic mass is 16.4. The lowest BCUT2D eigenvalue weighted by atomic mass is 9.99. The van der Waals surface area contributed by atoms with Crippen LogP contribution in [0.15, 0.2) is 18.2 Å². The first-order valence-corrected chi connectivity index (χ1v) is 5.48. The van der Waals surface area contributed by atoms with E-state index in [-0.39, 0.29) is 0 Å². The molecule has 82 valence electrons. The number of aryl methyl sites for hydroxylation is 2. The number of aromatic carboxylic acids is 1. The van der Waals surface area contributed by atoms with Gasteiger partial charge >= 0.3 is 5.97 Å². The molecule has 15 heavy (non-hydrogen) atoms. The molecule has 0 spiro atoms. The lowest BCUT2D eigenvalue weighted by Crippen LogP contribution is -2.03. The van der Waals surface area contributed by atoms with E-state index in [0.717, 1.165) is 36.8 Å². The summed E-state index contributed by atoms with van der Waals surface area (Å²) in [5.41, 5.74) is 2.43. The van der Waals surface area contributed by atoms with Crippen molar-refractivity contribution in [3.8, 4) is 0 Å². The fourth-order valence-electron chi connectivity index (χ4n) is 1.67. The Morgan fingerprint density at radius 3 is 2.67 bits per heavy atom. The van der Waals surface area contributed by atoms with Crippen LogP contribution in [-0.2, 0) is 6.42 Å². The summed E-state index contributed by atoms with van der Waals surface area (Å²) in [6, 6.07) is 5.67. The minimum atomic E-state index is -0.815. The highest BCUT2D eigenvalue weighted by Gasteiger charge is 2.09. The smallest absolute Gasteiger partial charge is 0.335 e. The lowest BCUT2D eigenvalue weighted by molar-refractivity contribution is 0.0695. The van der Waals surface area contributed by atoms with Gasteiger partial charge in [0, 0.05) is 0 Å². The van der Waals surface area contributed by atoms with Gasteiger partial charge in [0.05, 0.1) is 5.56 Å². The molecule has 0 heterocycles. The molecule has 0 radical (unpaired) electrons. The standard InChI is InChI=1S/C13H18O2/c1-3-4-5-6-11-8-7-10(2)9-12(11)13(14)15/h7-9H,3-6H2,1-2H3,(H,14,15). The van der Waals surface area contributed by atoms with Gasteiger partial charge in [0.15, 0.2) is 0 Å². The van der Waals surface area contributed by atoms with Crippen LogP contribution in [0.25, 0.3) is 0 Å². The van der Waals surface area contributed by atoms with Crippen molar-refractivity contribution in [1.29, 1.82) is 0 Å². The Morgan fingerprint density at radius 2 is 2.07 bits per heavy atom. The molecular formula is C13H18O2. The van der Waals surface area contributed by atoms with Crippen LogP contribution in [0, 0.1) is 6.92 Å². The molecule has 0 aliphatic heterocycles. The van der Waals surface area contributed by atoms with Gasteiger partial charge in [-0.15, -0.1) is 0 Å². The van der Waals surface area contributed by atoms with Crippen LogP contribution in [0.3, 0.4) is 0 Å². The first-order valence-electron chi connectivity index (χ1n) is 5.48. The molecule has 0 aliphatic rings. The van der Waals surface area contributed by atoms with Crippen molar-refractivity contribution in [3.63, 3.8) is 0 Å². The van der Waals surface area contributed by atoms with E-state index >= 15 is 0 Å². The zero-order chi connectivity index (χ0) is 11.3. The summed E-state index contributed by atoms with van der Waals surface area (Å²) in [5, 5.41) is 9.05. The van der Waals surface area contributed by atoms with Crippen molar-refractivity contribution < 1.29 is 9.90 Å². The number of benzene rings is 1. The summed E-state index contributed by atoms with van der Waals surface area (Å²) in [6.07, 6.45) is 4.26. The molecule has 2 nitrogen and oxygen atoms in total.